The molecule has 0 saturated heterocycles. The first-order chi connectivity index (χ1) is 9.35. The van der Waals surface area contributed by atoms with E-state index in [2.05, 4.69) is 46.7 Å². The average Bonchev–Trinajstić information content (AvgIpc) is 2.93. The van der Waals surface area contributed by atoms with Crippen molar-refractivity contribution in [3.8, 4) is 6.07 Å². The minimum Gasteiger partial charge on any atom is -0.357 e. The van der Waals surface area contributed by atoms with Crippen LogP contribution in [0.1, 0.15) is 10.4 Å². The first-order valence-electron chi connectivity index (χ1n) is 5.92. The Morgan fingerprint density at radius 2 is 2.00 bits per heavy atom. The van der Waals surface area contributed by atoms with Crippen molar-refractivity contribution in [1.29, 1.82) is 5.26 Å². The van der Waals surface area contributed by atoms with Gasteiger partial charge in [0.05, 0.1) is 6.20 Å². The molecule has 0 atom stereocenters. The molecule has 0 aliphatic carbocycles. The van der Waals surface area contributed by atoms with Gasteiger partial charge in [0, 0.05) is 6.54 Å². The summed E-state index contributed by atoms with van der Waals surface area (Å²) in [5.74, 6) is 0. The highest BCUT2D eigenvalue weighted by atomic mass is 32.1. The van der Waals surface area contributed by atoms with Crippen LogP contribution in [0.4, 0.5) is 5.13 Å². The molecule has 0 fully saturated rings. The van der Waals surface area contributed by atoms with Gasteiger partial charge in [0.1, 0.15) is 10.9 Å². The molecule has 1 heterocycles. The third-order valence-electron chi connectivity index (χ3n) is 2.87. The third-order valence-corrected chi connectivity index (χ3v) is 3.73. The van der Waals surface area contributed by atoms with Crippen LogP contribution < -0.4 is 5.32 Å². The van der Waals surface area contributed by atoms with Crippen LogP contribution in [0, 0.1) is 11.3 Å². The molecule has 0 aliphatic rings. The van der Waals surface area contributed by atoms with Gasteiger partial charge in [-0.15, -0.1) is 0 Å². The summed E-state index contributed by atoms with van der Waals surface area (Å²) in [6.07, 6.45) is 1.59. The summed E-state index contributed by atoms with van der Waals surface area (Å²) in [6, 6.07) is 16.8. The van der Waals surface area contributed by atoms with Crippen molar-refractivity contribution < 1.29 is 0 Å². The maximum absolute atomic E-state index is 8.75. The van der Waals surface area contributed by atoms with Gasteiger partial charge in [0.15, 0.2) is 5.13 Å². The molecule has 1 N–H and O–H groups in total. The number of hydrogen-bond donors (Lipinski definition) is 1. The largest absolute Gasteiger partial charge is 0.357 e. The molecule has 0 saturated carbocycles. The Kier molecular flexibility index (Phi) is 3.13. The molecule has 0 spiro atoms. The van der Waals surface area contributed by atoms with Crippen LogP contribution >= 0.6 is 11.3 Å². The lowest BCUT2D eigenvalue weighted by Crippen LogP contribution is -1.98. The fraction of sp³-hybridized carbons (Fsp3) is 0.0667. The quantitative estimate of drug-likeness (QED) is 0.784. The minimum absolute atomic E-state index is 0.626. The average molecular weight is 265 g/mol. The molecule has 3 nitrogen and oxygen atoms in total. The van der Waals surface area contributed by atoms with E-state index < -0.39 is 0 Å². The van der Waals surface area contributed by atoms with Gasteiger partial charge in [0.25, 0.3) is 0 Å². The molecule has 2 aromatic carbocycles. The summed E-state index contributed by atoms with van der Waals surface area (Å²) in [4.78, 5) is 4.78. The number of thiazole rings is 1. The topological polar surface area (TPSA) is 48.7 Å². The van der Waals surface area contributed by atoms with Gasteiger partial charge in [0.2, 0.25) is 0 Å². The van der Waals surface area contributed by atoms with Gasteiger partial charge < -0.3 is 5.32 Å². The molecule has 0 amide bonds. The van der Waals surface area contributed by atoms with Crippen LogP contribution in [-0.2, 0) is 6.54 Å². The van der Waals surface area contributed by atoms with Gasteiger partial charge in [-0.25, -0.2) is 4.98 Å². The van der Waals surface area contributed by atoms with Gasteiger partial charge in [-0.05, 0) is 22.4 Å². The number of nitrogens with zero attached hydrogens (tertiary/aromatic N) is 2. The standard InChI is InChI=1S/C15H11N3S/c16-8-14-10-18-15(19-14)17-9-11-5-6-12-3-1-2-4-13(12)7-11/h1-7,10H,9H2,(H,17,18). The molecule has 3 aromatic rings. The van der Waals surface area contributed by atoms with Crippen molar-refractivity contribution in [2.75, 3.05) is 5.32 Å². The van der Waals surface area contributed by atoms with Crippen LogP contribution in [0.5, 0.6) is 0 Å². The molecule has 19 heavy (non-hydrogen) atoms. The van der Waals surface area contributed by atoms with Gasteiger partial charge in [-0.2, -0.15) is 5.26 Å². The number of nitrogens with one attached hydrogen (secondary N) is 1. The Morgan fingerprint density at radius 3 is 2.79 bits per heavy atom. The molecule has 0 bridgehead atoms. The summed E-state index contributed by atoms with van der Waals surface area (Å²) >= 11 is 1.37. The first-order valence-corrected chi connectivity index (χ1v) is 6.74. The van der Waals surface area contributed by atoms with E-state index in [-0.39, 0.29) is 0 Å². The molecule has 92 valence electrons. The molecule has 0 unspecified atom stereocenters. The maximum Gasteiger partial charge on any atom is 0.184 e. The Hall–Kier alpha value is -2.38. The number of rotatable bonds is 3. The van der Waals surface area contributed by atoms with Crippen LogP contribution in [0.25, 0.3) is 10.8 Å². The van der Waals surface area contributed by atoms with Crippen LogP contribution in [0.3, 0.4) is 0 Å². The summed E-state index contributed by atoms with van der Waals surface area (Å²) in [5.41, 5.74) is 1.20. The lowest BCUT2D eigenvalue weighted by molar-refractivity contribution is 1.14. The van der Waals surface area contributed by atoms with Crippen LogP contribution in [0.2, 0.25) is 0 Å². The van der Waals surface area contributed by atoms with E-state index in [1.54, 1.807) is 6.20 Å². The summed E-state index contributed by atoms with van der Waals surface area (Å²) < 4.78 is 0. The predicted molar refractivity (Wildman–Crippen MR) is 78.1 cm³/mol. The fourth-order valence-corrected chi connectivity index (χ4v) is 2.54. The molecular weight excluding hydrogens is 254 g/mol. The second-order valence-electron chi connectivity index (χ2n) is 4.18. The zero-order valence-corrected chi connectivity index (χ0v) is 10.9. The Morgan fingerprint density at radius 1 is 1.16 bits per heavy atom. The van der Waals surface area contributed by atoms with Crippen molar-refractivity contribution in [2.45, 2.75) is 6.54 Å². The lowest BCUT2D eigenvalue weighted by Gasteiger charge is -2.04. The van der Waals surface area contributed by atoms with Crippen molar-refractivity contribution in [1.82, 2.24) is 4.98 Å². The molecule has 4 heteroatoms. The van der Waals surface area contributed by atoms with Gasteiger partial charge in [-0.3, -0.25) is 0 Å². The van der Waals surface area contributed by atoms with Gasteiger partial charge in [-0.1, -0.05) is 47.7 Å². The number of aromatic nitrogens is 1. The molecule has 3 rings (SSSR count). The SMILES string of the molecule is N#Cc1cnc(NCc2ccc3ccccc3c2)s1. The van der Waals surface area contributed by atoms with Gasteiger partial charge >= 0.3 is 0 Å². The summed E-state index contributed by atoms with van der Waals surface area (Å²) in [6.45, 7) is 0.712. The van der Waals surface area contributed by atoms with Crippen LogP contribution in [-0.4, -0.2) is 4.98 Å². The molecule has 1 aromatic heterocycles. The Labute approximate surface area is 115 Å². The summed E-state index contributed by atoms with van der Waals surface area (Å²) in [5, 5.41) is 15.2. The lowest BCUT2D eigenvalue weighted by atomic mass is 10.1. The number of anilines is 1. The highest BCUT2D eigenvalue weighted by molar-refractivity contribution is 7.16. The molecular formula is C15H11N3S. The van der Waals surface area contributed by atoms with E-state index in [9.17, 15) is 0 Å². The van der Waals surface area contributed by atoms with E-state index in [0.717, 1.165) is 5.13 Å². The van der Waals surface area contributed by atoms with E-state index in [4.69, 9.17) is 5.26 Å². The smallest absolute Gasteiger partial charge is 0.184 e. The number of benzene rings is 2. The zero-order chi connectivity index (χ0) is 13.1. The first kappa shape index (κ1) is 11.7. The second-order valence-corrected chi connectivity index (χ2v) is 5.21. The minimum atomic E-state index is 0.626. The van der Waals surface area contributed by atoms with Crippen molar-refractivity contribution >= 4 is 27.2 Å². The molecule has 0 aliphatic heterocycles. The van der Waals surface area contributed by atoms with Crippen molar-refractivity contribution in [2.24, 2.45) is 0 Å². The van der Waals surface area contributed by atoms with Crippen LogP contribution in [0.15, 0.2) is 48.7 Å². The Bertz CT molecular complexity index is 755. The zero-order valence-electron chi connectivity index (χ0n) is 10.1. The molecule has 0 radical (unpaired) electrons. The van der Waals surface area contributed by atoms with E-state index >= 15 is 0 Å². The second kappa shape index (κ2) is 5.09. The third kappa shape index (κ3) is 2.56. The monoisotopic (exact) mass is 265 g/mol. The van der Waals surface area contributed by atoms with E-state index in [1.807, 2.05) is 12.1 Å². The number of fused-ring (bicyclic) bond motifs is 1. The number of nitriles is 1. The van der Waals surface area contributed by atoms with E-state index in [0.29, 0.717) is 11.4 Å². The predicted octanol–water partition coefficient (Wildman–Crippen LogP) is 3.78. The highest BCUT2D eigenvalue weighted by Crippen LogP contribution is 2.19. The maximum atomic E-state index is 8.75. The highest BCUT2D eigenvalue weighted by Gasteiger charge is 2.01. The summed E-state index contributed by atoms with van der Waals surface area (Å²) in [7, 11) is 0. The fourth-order valence-electron chi connectivity index (χ4n) is 1.93. The van der Waals surface area contributed by atoms with Crippen molar-refractivity contribution in [3.05, 3.63) is 59.1 Å². The number of hydrogen-bond acceptors (Lipinski definition) is 4. The Balaban J connectivity index is 1.76. The van der Waals surface area contributed by atoms with Crippen molar-refractivity contribution in [3.63, 3.8) is 0 Å². The van der Waals surface area contributed by atoms with E-state index in [1.165, 1.54) is 27.7 Å². The normalized spacial score (nSPS) is 10.3.